The summed E-state index contributed by atoms with van der Waals surface area (Å²) in [5.41, 5.74) is 0.325. The molecule has 1 aromatic rings. The minimum atomic E-state index is -0.284. The second-order valence-electron chi connectivity index (χ2n) is 6.76. The number of esters is 1. The van der Waals surface area contributed by atoms with Crippen molar-refractivity contribution >= 4 is 18.2 Å². The second kappa shape index (κ2) is 13.5. The Hall–Kier alpha value is -1.69. The number of aryl methyl sites for hydroxylation is 1. The normalized spacial score (nSPS) is 10.7. The quantitative estimate of drug-likeness (QED) is 0.215. The van der Waals surface area contributed by atoms with Gasteiger partial charge >= 0.3 is 5.97 Å². The van der Waals surface area contributed by atoms with Crippen molar-refractivity contribution in [3.63, 3.8) is 0 Å². The van der Waals surface area contributed by atoms with Gasteiger partial charge in [-0.3, -0.25) is 9.78 Å². The lowest BCUT2D eigenvalue weighted by Gasteiger charge is -2.06. The molecule has 1 N–H and O–H groups in total. The predicted molar refractivity (Wildman–Crippen MR) is 108 cm³/mol. The molecule has 0 bridgehead atoms. The van der Waals surface area contributed by atoms with Crippen molar-refractivity contribution in [2.24, 2.45) is 0 Å². The van der Waals surface area contributed by atoms with Crippen molar-refractivity contribution in [3.8, 4) is 0 Å². The van der Waals surface area contributed by atoms with Gasteiger partial charge in [0.1, 0.15) is 0 Å². The molecule has 5 nitrogen and oxygen atoms in total. The topological polar surface area (TPSA) is 64.1 Å². The highest BCUT2D eigenvalue weighted by Crippen LogP contribution is 2.11. The van der Waals surface area contributed by atoms with E-state index in [0.717, 1.165) is 25.8 Å². The highest BCUT2D eigenvalue weighted by Gasteiger charge is 2.01. The number of unbranched alkanes of at least 4 members (excludes halogenated alkanes) is 9. The van der Waals surface area contributed by atoms with E-state index in [-0.39, 0.29) is 11.5 Å². The summed E-state index contributed by atoms with van der Waals surface area (Å²) in [6.07, 6.45) is 13.6. The molecule has 0 unspecified atom stereocenters. The van der Waals surface area contributed by atoms with E-state index in [0.29, 0.717) is 17.0 Å². The maximum Gasteiger partial charge on any atom is 0.333 e. The van der Waals surface area contributed by atoms with E-state index in [1.807, 2.05) is 4.57 Å². The number of rotatable bonds is 14. The van der Waals surface area contributed by atoms with Crippen LogP contribution in [0.4, 0.5) is 0 Å². The summed E-state index contributed by atoms with van der Waals surface area (Å²) in [6, 6.07) is 1.51. The van der Waals surface area contributed by atoms with Crippen molar-refractivity contribution in [2.75, 3.05) is 6.61 Å². The minimum Gasteiger partial charge on any atom is -0.462 e. The first-order valence-electron chi connectivity index (χ1n) is 9.63. The molecule has 1 rings (SSSR count). The summed E-state index contributed by atoms with van der Waals surface area (Å²) in [5.74, 6) is -0.284. The summed E-state index contributed by atoms with van der Waals surface area (Å²) in [5, 5.41) is 0. The van der Waals surface area contributed by atoms with Crippen LogP contribution in [-0.4, -0.2) is 22.1 Å². The van der Waals surface area contributed by atoms with Crippen LogP contribution in [-0.2, 0) is 16.1 Å². The van der Waals surface area contributed by atoms with Crippen LogP contribution in [0.25, 0.3) is 0 Å². The number of hydrogen-bond acceptors (Lipinski definition) is 4. The lowest BCUT2D eigenvalue weighted by molar-refractivity contribution is -0.139. The number of carbonyl (C=O) groups is 1. The summed E-state index contributed by atoms with van der Waals surface area (Å²) < 4.78 is 7.49. The van der Waals surface area contributed by atoms with Gasteiger partial charge in [-0.1, -0.05) is 57.9 Å². The van der Waals surface area contributed by atoms with Crippen molar-refractivity contribution in [1.29, 1.82) is 0 Å². The SMILES string of the molecule is C=C(C)C(=O)OCCCCCCCCCCCCn1ccc(=O)[nH]c1=S. The molecule has 146 valence electrons. The first-order valence-corrected chi connectivity index (χ1v) is 10.0. The number of aromatic amines is 1. The Labute approximate surface area is 161 Å². The maximum absolute atomic E-state index is 11.2. The number of ether oxygens (including phenoxy) is 1. The van der Waals surface area contributed by atoms with Crippen LogP contribution in [0.1, 0.15) is 71.1 Å². The number of nitrogens with one attached hydrogen (secondary N) is 1. The third-order valence-corrected chi connectivity index (χ3v) is 4.61. The monoisotopic (exact) mass is 380 g/mol. The smallest absolute Gasteiger partial charge is 0.333 e. The van der Waals surface area contributed by atoms with Gasteiger partial charge in [-0.15, -0.1) is 0 Å². The number of hydrogen-bond donors (Lipinski definition) is 1. The molecule has 1 aromatic heterocycles. The van der Waals surface area contributed by atoms with Crippen LogP contribution in [0.2, 0.25) is 0 Å². The summed E-state index contributed by atoms with van der Waals surface area (Å²) in [7, 11) is 0. The van der Waals surface area contributed by atoms with Crippen LogP contribution in [0.15, 0.2) is 29.2 Å². The van der Waals surface area contributed by atoms with Gasteiger partial charge in [-0.05, 0) is 32.0 Å². The van der Waals surface area contributed by atoms with Gasteiger partial charge in [-0.2, -0.15) is 0 Å². The first kappa shape index (κ1) is 22.4. The predicted octanol–water partition coefficient (Wildman–Crippen LogP) is 4.93. The minimum absolute atomic E-state index is 0.140. The number of aromatic nitrogens is 2. The van der Waals surface area contributed by atoms with E-state index in [1.165, 1.54) is 51.0 Å². The average Bonchev–Trinajstić information content (AvgIpc) is 2.60. The zero-order valence-corrected chi connectivity index (χ0v) is 16.7. The highest BCUT2D eigenvalue weighted by molar-refractivity contribution is 7.71. The van der Waals surface area contributed by atoms with Crippen LogP contribution < -0.4 is 5.56 Å². The van der Waals surface area contributed by atoms with Gasteiger partial charge < -0.3 is 9.30 Å². The van der Waals surface area contributed by atoms with Crippen LogP contribution in [0, 0.1) is 4.77 Å². The van der Waals surface area contributed by atoms with Crippen LogP contribution >= 0.6 is 12.2 Å². The maximum atomic E-state index is 11.2. The van der Waals surface area contributed by atoms with Crippen molar-refractivity contribution in [2.45, 2.75) is 77.7 Å². The van der Waals surface area contributed by atoms with Gasteiger partial charge in [0.15, 0.2) is 4.77 Å². The summed E-state index contributed by atoms with van der Waals surface area (Å²) in [4.78, 5) is 24.9. The van der Waals surface area contributed by atoms with Crippen molar-refractivity contribution in [1.82, 2.24) is 9.55 Å². The molecule has 1 heterocycles. The summed E-state index contributed by atoms with van der Waals surface area (Å²) >= 11 is 5.13. The average molecular weight is 381 g/mol. The highest BCUT2D eigenvalue weighted by atomic mass is 32.1. The van der Waals surface area contributed by atoms with Gasteiger partial charge in [0.2, 0.25) is 0 Å². The molecule has 0 amide bonds. The van der Waals surface area contributed by atoms with Gasteiger partial charge in [-0.25, -0.2) is 4.79 Å². The number of H-pyrrole nitrogens is 1. The largest absolute Gasteiger partial charge is 0.462 e. The third kappa shape index (κ3) is 10.3. The Balaban J connectivity index is 1.88. The van der Waals surface area contributed by atoms with E-state index < -0.39 is 0 Å². The van der Waals surface area contributed by atoms with E-state index in [4.69, 9.17) is 17.0 Å². The Morgan fingerprint density at radius 2 is 1.62 bits per heavy atom. The molecule has 0 saturated heterocycles. The molecule has 0 aromatic carbocycles. The fourth-order valence-corrected chi connectivity index (χ4v) is 2.96. The van der Waals surface area contributed by atoms with Gasteiger partial charge in [0.05, 0.1) is 6.61 Å². The van der Waals surface area contributed by atoms with E-state index in [9.17, 15) is 9.59 Å². The van der Waals surface area contributed by atoms with Gasteiger partial charge in [0, 0.05) is 24.4 Å². The molecule has 0 radical (unpaired) electrons. The second-order valence-corrected chi connectivity index (χ2v) is 7.14. The Kier molecular flexibility index (Phi) is 11.6. The van der Waals surface area contributed by atoms with Crippen LogP contribution in [0.3, 0.4) is 0 Å². The Morgan fingerprint density at radius 3 is 2.15 bits per heavy atom. The molecule has 0 atom stereocenters. The summed E-state index contributed by atoms with van der Waals surface area (Å²) in [6.45, 7) is 6.60. The fraction of sp³-hybridized carbons (Fsp3) is 0.650. The van der Waals surface area contributed by atoms with Crippen molar-refractivity contribution < 1.29 is 9.53 Å². The number of nitrogens with zero attached hydrogens (tertiary/aromatic N) is 1. The number of carbonyl (C=O) groups excluding carboxylic acids is 1. The fourth-order valence-electron chi connectivity index (χ4n) is 2.71. The van der Waals surface area contributed by atoms with E-state index in [2.05, 4.69) is 11.6 Å². The third-order valence-electron chi connectivity index (χ3n) is 4.27. The first-order chi connectivity index (χ1) is 12.5. The molecule has 0 aliphatic heterocycles. The molecule has 6 heteroatoms. The Bertz CT molecular complexity index is 664. The van der Waals surface area contributed by atoms with E-state index in [1.54, 1.807) is 13.1 Å². The van der Waals surface area contributed by atoms with Crippen molar-refractivity contribution in [3.05, 3.63) is 39.5 Å². The van der Waals surface area contributed by atoms with E-state index >= 15 is 0 Å². The zero-order chi connectivity index (χ0) is 19.2. The Morgan fingerprint density at radius 1 is 1.08 bits per heavy atom. The molecular formula is C20H32N2O3S. The molecule has 0 aliphatic rings. The van der Waals surface area contributed by atoms with Gasteiger partial charge in [0.25, 0.3) is 5.56 Å². The standard InChI is InChI=1S/C20H32N2O3S/c1-17(2)19(24)25-16-12-10-8-6-4-3-5-7-9-11-14-22-15-13-18(23)21-20(22)26/h13,15H,1,3-12,14,16H2,2H3,(H,21,23,26). The molecule has 0 fully saturated rings. The van der Waals surface area contributed by atoms with Crippen LogP contribution in [0.5, 0.6) is 0 Å². The molecule has 0 spiro atoms. The molecular weight excluding hydrogens is 348 g/mol. The lowest BCUT2D eigenvalue weighted by Crippen LogP contribution is -2.11. The molecule has 0 saturated carbocycles. The molecule has 26 heavy (non-hydrogen) atoms. The molecule has 0 aliphatic carbocycles. The lowest BCUT2D eigenvalue weighted by atomic mass is 10.1. The zero-order valence-electron chi connectivity index (χ0n) is 15.9.